The fraction of sp³-hybridized carbons (Fsp3) is 0.684. The second-order valence-electron chi connectivity index (χ2n) is 7.65. The van der Waals surface area contributed by atoms with Crippen LogP contribution in [0.4, 0.5) is 0 Å². The molecule has 2 nitrogen and oxygen atoms in total. The van der Waals surface area contributed by atoms with Gasteiger partial charge in [0.05, 0.1) is 6.61 Å². The van der Waals surface area contributed by atoms with Gasteiger partial charge in [0, 0.05) is 6.04 Å². The topological polar surface area (TPSA) is 35.2 Å². The largest absolute Gasteiger partial charge is 0.493 e. The fourth-order valence-corrected chi connectivity index (χ4v) is 2.33. The molecule has 1 aromatic rings. The zero-order chi connectivity index (χ0) is 16.0. The van der Waals surface area contributed by atoms with Gasteiger partial charge in [-0.2, -0.15) is 0 Å². The third kappa shape index (κ3) is 6.52. The molecule has 0 saturated carbocycles. The number of aryl methyl sites for hydroxylation is 1. The van der Waals surface area contributed by atoms with Crippen LogP contribution in [0.1, 0.15) is 65.5 Å². The normalized spacial score (nSPS) is 13.5. The fourth-order valence-electron chi connectivity index (χ4n) is 2.33. The number of hydrogen-bond donors (Lipinski definition) is 1. The van der Waals surface area contributed by atoms with E-state index in [-0.39, 0.29) is 5.41 Å². The van der Waals surface area contributed by atoms with E-state index in [1.165, 1.54) is 11.1 Å². The molecule has 0 saturated heterocycles. The smallest absolute Gasteiger partial charge is 0.123 e. The maximum Gasteiger partial charge on any atom is 0.123 e. The lowest BCUT2D eigenvalue weighted by molar-refractivity contribution is 0.265. The Hall–Kier alpha value is -1.02. The van der Waals surface area contributed by atoms with E-state index in [9.17, 15) is 0 Å². The van der Waals surface area contributed by atoms with Crippen molar-refractivity contribution in [1.29, 1.82) is 0 Å². The number of hydrogen-bond acceptors (Lipinski definition) is 2. The molecule has 1 unspecified atom stereocenters. The Morgan fingerprint density at radius 3 is 2.33 bits per heavy atom. The van der Waals surface area contributed by atoms with Crippen LogP contribution in [0.3, 0.4) is 0 Å². The van der Waals surface area contributed by atoms with Crippen molar-refractivity contribution in [2.24, 2.45) is 11.7 Å². The van der Waals surface area contributed by atoms with Crippen LogP contribution in [-0.4, -0.2) is 12.6 Å². The molecule has 0 radical (unpaired) electrons. The van der Waals surface area contributed by atoms with E-state index >= 15 is 0 Å². The van der Waals surface area contributed by atoms with Crippen LogP contribution in [0.25, 0.3) is 0 Å². The van der Waals surface area contributed by atoms with Crippen molar-refractivity contribution < 1.29 is 4.74 Å². The summed E-state index contributed by atoms with van der Waals surface area (Å²) in [7, 11) is 0. The summed E-state index contributed by atoms with van der Waals surface area (Å²) in [4.78, 5) is 0. The molecule has 2 heteroatoms. The van der Waals surface area contributed by atoms with E-state index in [0.29, 0.717) is 12.0 Å². The lowest BCUT2D eigenvalue weighted by Crippen LogP contribution is -2.16. The van der Waals surface area contributed by atoms with Crippen LogP contribution < -0.4 is 10.5 Å². The van der Waals surface area contributed by atoms with Crippen molar-refractivity contribution in [2.45, 2.75) is 72.3 Å². The summed E-state index contributed by atoms with van der Waals surface area (Å²) in [6.45, 7) is 13.9. The molecule has 21 heavy (non-hydrogen) atoms. The summed E-state index contributed by atoms with van der Waals surface area (Å²) >= 11 is 0. The van der Waals surface area contributed by atoms with Crippen molar-refractivity contribution in [1.82, 2.24) is 0 Å². The van der Waals surface area contributed by atoms with Crippen LogP contribution in [0, 0.1) is 5.92 Å². The molecule has 0 heterocycles. The molecule has 0 aliphatic heterocycles. The van der Waals surface area contributed by atoms with Gasteiger partial charge in [-0.15, -0.1) is 0 Å². The van der Waals surface area contributed by atoms with E-state index in [0.717, 1.165) is 31.6 Å². The molecule has 0 bridgehead atoms. The van der Waals surface area contributed by atoms with Crippen LogP contribution >= 0.6 is 0 Å². The highest BCUT2D eigenvalue weighted by Crippen LogP contribution is 2.33. The van der Waals surface area contributed by atoms with Gasteiger partial charge in [-0.25, -0.2) is 0 Å². The van der Waals surface area contributed by atoms with Crippen molar-refractivity contribution in [3.8, 4) is 5.75 Å². The van der Waals surface area contributed by atoms with Crippen LogP contribution in [-0.2, 0) is 11.8 Å². The Bertz CT molecular complexity index is 430. The maximum atomic E-state index is 6.00. The summed E-state index contributed by atoms with van der Waals surface area (Å²) in [5.41, 5.74) is 8.62. The Balaban J connectivity index is 2.86. The van der Waals surface area contributed by atoms with E-state index in [2.05, 4.69) is 59.7 Å². The third-order valence-electron chi connectivity index (χ3n) is 3.55. The van der Waals surface area contributed by atoms with Gasteiger partial charge in [0.2, 0.25) is 0 Å². The predicted molar refractivity (Wildman–Crippen MR) is 92.1 cm³/mol. The zero-order valence-electron chi connectivity index (χ0n) is 14.7. The first kappa shape index (κ1) is 18.0. The van der Waals surface area contributed by atoms with Gasteiger partial charge in [0.25, 0.3) is 0 Å². The minimum absolute atomic E-state index is 0.101. The number of nitrogens with two attached hydrogens (primary N) is 1. The van der Waals surface area contributed by atoms with Gasteiger partial charge >= 0.3 is 0 Å². The summed E-state index contributed by atoms with van der Waals surface area (Å²) in [6.07, 6.45) is 3.32. The van der Waals surface area contributed by atoms with Crippen molar-refractivity contribution in [3.05, 3.63) is 29.3 Å². The first-order valence-corrected chi connectivity index (χ1v) is 8.22. The molecule has 0 aromatic heterocycles. The SMILES string of the molecule is CC(C)COc1ccc(CCCC(C)N)cc1C(C)(C)C. The average molecular weight is 291 g/mol. The highest BCUT2D eigenvalue weighted by atomic mass is 16.5. The van der Waals surface area contributed by atoms with Gasteiger partial charge in [-0.05, 0) is 54.7 Å². The minimum atomic E-state index is 0.101. The van der Waals surface area contributed by atoms with Gasteiger partial charge in [-0.3, -0.25) is 0 Å². The Morgan fingerprint density at radius 1 is 1.14 bits per heavy atom. The van der Waals surface area contributed by atoms with Gasteiger partial charge in [0.1, 0.15) is 5.75 Å². The number of rotatable bonds is 7. The van der Waals surface area contributed by atoms with E-state index in [4.69, 9.17) is 10.5 Å². The van der Waals surface area contributed by atoms with Crippen LogP contribution in [0.5, 0.6) is 5.75 Å². The second-order valence-corrected chi connectivity index (χ2v) is 7.65. The molecule has 0 aliphatic rings. The molecular formula is C19H33NO. The molecule has 0 aliphatic carbocycles. The standard InChI is InChI=1S/C19H33NO/c1-14(2)13-21-18-11-10-16(9-7-8-15(3)20)12-17(18)19(4,5)6/h10-12,14-15H,7-9,13,20H2,1-6H3. The maximum absolute atomic E-state index is 6.00. The Kier molecular flexibility index (Phi) is 6.73. The quantitative estimate of drug-likeness (QED) is 0.791. The predicted octanol–water partition coefficient (Wildman–Crippen LogP) is 4.69. The van der Waals surface area contributed by atoms with Gasteiger partial charge in [-0.1, -0.05) is 46.8 Å². The number of benzene rings is 1. The molecule has 1 atom stereocenters. The Labute approximate surface area is 131 Å². The molecule has 0 spiro atoms. The molecule has 0 fully saturated rings. The summed E-state index contributed by atoms with van der Waals surface area (Å²) in [5.74, 6) is 1.58. The first-order valence-electron chi connectivity index (χ1n) is 8.22. The zero-order valence-corrected chi connectivity index (χ0v) is 14.7. The molecular weight excluding hydrogens is 258 g/mol. The summed E-state index contributed by atoms with van der Waals surface area (Å²) in [5, 5.41) is 0. The van der Waals surface area contributed by atoms with Crippen molar-refractivity contribution in [3.63, 3.8) is 0 Å². The summed E-state index contributed by atoms with van der Waals surface area (Å²) in [6, 6.07) is 6.95. The summed E-state index contributed by atoms with van der Waals surface area (Å²) < 4.78 is 6.00. The lowest BCUT2D eigenvalue weighted by atomic mass is 9.85. The molecule has 1 aromatic carbocycles. The van der Waals surface area contributed by atoms with E-state index < -0.39 is 0 Å². The van der Waals surface area contributed by atoms with E-state index in [1.54, 1.807) is 0 Å². The van der Waals surface area contributed by atoms with Gasteiger partial charge < -0.3 is 10.5 Å². The molecule has 1 rings (SSSR count). The van der Waals surface area contributed by atoms with Crippen molar-refractivity contribution >= 4 is 0 Å². The van der Waals surface area contributed by atoms with Gasteiger partial charge in [0.15, 0.2) is 0 Å². The Morgan fingerprint density at radius 2 is 1.81 bits per heavy atom. The highest BCUT2D eigenvalue weighted by molar-refractivity contribution is 5.41. The average Bonchev–Trinajstić information content (AvgIpc) is 2.35. The molecule has 2 N–H and O–H groups in total. The highest BCUT2D eigenvalue weighted by Gasteiger charge is 2.19. The number of ether oxygens (including phenoxy) is 1. The van der Waals surface area contributed by atoms with E-state index in [1.807, 2.05) is 0 Å². The monoisotopic (exact) mass is 291 g/mol. The lowest BCUT2D eigenvalue weighted by Gasteiger charge is -2.24. The van der Waals surface area contributed by atoms with Crippen molar-refractivity contribution in [2.75, 3.05) is 6.61 Å². The molecule has 120 valence electrons. The van der Waals surface area contributed by atoms with Crippen LogP contribution in [0.15, 0.2) is 18.2 Å². The third-order valence-corrected chi connectivity index (χ3v) is 3.55. The minimum Gasteiger partial charge on any atom is -0.493 e. The van der Waals surface area contributed by atoms with Crippen LogP contribution in [0.2, 0.25) is 0 Å². The first-order chi connectivity index (χ1) is 9.70. The second kappa shape index (κ2) is 7.84. The molecule has 0 amide bonds.